The molecule has 0 fully saturated rings. The highest BCUT2D eigenvalue weighted by molar-refractivity contribution is 7.34. The van der Waals surface area contributed by atoms with Gasteiger partial charge in [-0.3, -0.25) is 0 Å². The molecular formula is C21H28NPSi. The summed E-state index contributed by atoms with van der Waals surface area (Å²) in [7, 11) is -0.637. The first kappa shape index (κ1) is 17.4. The average Bonchev–Trinajstić information content (AvgIpc) is 3.25. The highest BCUT2D eigenvalue weighted by atomic mass is 31.0. The second kappa shape index (κ2) is 7.25. The minimum Gasteiger partial charge on any atom is -0.244 e. The van der Waals surface area contributed by atoms with Gasteiger partial charge in [0.25, 0.3) is 0 Å². The Hall–Kier alpha value is -1.37. The Balaban J connectivity index is 2.08. The summed E-state index contributed by atoms with van der Waals surface area (Å²) >= 11 is 0. The van der Waals surface area contributed by atoms with Crippen LogP contribution in [0.25, 0.3) is 16.6 Å². The van der Waals surface area contributed by atoms with Gasteiger partial charge in [0.15, 0.2) is 0 Å². The van der Waals surface area contributed by atoms with Gasteiger partial charge < -0.3 is 0 Å². The summed E-state index contributed by atoms with van der Waals surface area (Å²) in [6.07, 6.45) is 5.89. The van der Waals surface area contributed by atoms with Crippen LogP contribution in [0.4, 0.5) is 0 Å². The number of benzene rings is 1. The molecule has 1 atom stereocenters. The Labute approximate surface area is 149 Å². The number of nitrogens with zero attached hydrogens (tertiary/aromatic N) is 1. The van der Waals surface area contributed by atoms with Crippen LogP contribution < -0.4 is 0 Å². The lowest BCUT2D eigenvalue weighted by atomic mass is 10.1. The third-order valence-corrected chi connectivity index (χ3v) is 12.7. The van der Waals surface area contributed by atoms with Crippen molar-refractivity contribution in [3.63, 3.8) is 0 Å². The van der Waals surface area contributed by atoms with Crippen LogP contribution in [-0.4, -0.2) is 13.1 Å². The molecule has 0 N–H and O–H groups in total. The maximum atomic E-state index is 5.12. The SMILES string of the molecule is CC[Si](CC)(CC)C1=C(c2nc(-c3ccccc3)[pH]c2C)CC=C1. The predicted molar refractivity (Wildman–Crippen MR) is 112 cm³/mol. The molecule has 2 aromatic rings. The fourth-order valence-corrected chi connectivity index (χ4v) is 9.17. The Bertz CT molecular complexity index is 758. The lowest BCUT2D eigenvalue weighted by Gasteiger charge is -2.30. The Morgan fingerprint density at radius 2 is 1.71 bits per heavy atom. The Kier molecular flexibility index (Phi) is 5.27. The van der Waals surface area contributed by atoms with Crippen LogP contribution in [0.2, 0.25) is 18.1 Å². The molecule has 1 aliphatic rings. The van der Waals surface area contributed by atoms with E-state index in [9.17, 15) is 0 Å². The van der Waals surface area contributed by atoms with E-state index < -0.39 is 8.07 Å². The predicted octanol–water partition coefficient (Wildman–Crippen LogP) is 6.85. The molecule has 0 radical (unpaired) electrons. The summed E-state index contributed by atoms with van der Waals surface area (Å²) < 4.78 is 0. The van der Waals surface area contributed by atoms with Gasteiger partial charge in [0.1, 0.15) is 0 Å². The largest absolute Gasteiger partial charge is 0.244 e. The van der Waals surface area contributed by atoms with Gasteiger partial charge in [-0.25, -0.2) is 4.98 Å². The van der Waals surface area contributed by atoms with Crippen molar-refractivity contribution in [2.75, 3.05) is 0 Å². The molecule has 3 rings (SSSR count). The molecule has 0 saturated carbocycles. The van der Waals surface area contributed by atoms with Gasteiger partial charge in [-0.2, -0.15) is 0 Å². The molecule has 1 aliphatic carbocycles. The van der Waals surface area contributed by atoms with E-state index in [4.69, 9.17) is 4.98 Å². The highest BCUT2D eigenvalue weighted by Gasteiger charge is 2.34. The highest BCUT2D eigenvalue weighted by Crippen LogP contribution is 2.43. The molecule has 1 unspecified atom stereocenters. The molecule has 1 aromatic heterocycles. The minimum absolute atomic E-state index is 0.716. The summed E-state index contributed by atoms with van der Waals surface area (Å²) in [6.45, 7) is 9.47. The van der Waals surface area contributed by atoms with E-state index in [-0.39, 0.29) is 0 Å². The van der Waals surface area contributed by atoms with E-state index in [2.05, 4.69) is 70.2 Å². The van der Waals surface area contributed by atoms with Gasteiger partial charge in [0.05, 0.1) is 19.2 Å². The van der Waals surface area contributed by atoms with E-state index >= 15 is 0 Å². The normalized spacial score (nSPS) is 15.0. The first-order valence-corrected chi connectivity index (χ1v) is 12.8. The first-order valence-electron chi connectivity index (χ1n) is 9.17. The molecule has 126 valence electrons. The first-order chi connectivity index (χ1) is 11.6. The summed E-state index contributed by atoms with van der Waals surface area (Å²) in [6, 6.07) is 14.7. The smallest absolute Gasteiger partial charge is 0.0869 e. The van der Waals surface area contributed by atoms with Crippen LogP contribution in [0.3, 0.4) is 0 Å². The van der Waals surface area contributed by atoms with Gasteiger partial charge in [-0.1, -0.05) is 86.6 Å². The summed E-state index contributed by atoms with van der Waals surface area (Å²) in [5.41, 5.74) is 5.39. The molecule has 1 aromatic carbocycles. The second-order valence-electron chi connectivity index (χ2n) is 6.76. The van der Waals surface area contributed by atoms with Crippen molar-refractivity contribution in [3.05, 3.63) is 58.7 Å². The van der Waals surface area contributed by atoms with E-state index in [0.29, 0.717) is 8.19 Å². The van der Waals surface area contributed by atoms with E-state index in [0.717, 1.165) is 6.42 Å². The zero-order chi connectivity index (χ0) is 17.2. The molecule has 0 spiro atoms. The molecule has 1 nitrogen and oxygen atoms in total. The average molecular weight is 354 g/mol. The summed E-state index contributed by atoms with van der Waals surface area (Å²) in [5, 5.41) is 3.16. The van der Waals surface area contributed by atoms with Gasteiger partial charge in [0.2, 0.25) is 0 Å². The molecule has 0 saturated heterocycles. The van der Waals surface area contributed by atoms with Gasteiger partial charge in [-0.15, -0.1) is 8.19 Å². The zero-order valence-corrected chi connectivity index (χ0v) is 17.3. The monoisotopic (exact) mass is 353 g/mol. The zero-order valence-electron chi connectivity index (χ0n) is 15.3. The van der Waals surface area contributed by atoms with Crippen molar-refractivity contribution in [3.8, 4) is 11.0 Å². The molecule has 0 amide bonds. The Morgan fingerprint density at radius 3 is 2.33 bits per heavy atom. The van der Waals surface area contributed by atoms with Crippen LogP contribution >= 0.6 is 8.19 Å². The van der Waals surface area contributed by atoms with E-state index in [1.807, 2.05) is 0 Å². The lowest BCUT2D eigenvalue weighted by Crippen LogP contribution is -2.34. The number of rotatable bonds is 6. The maximum absolute atomic E-state index is 5.12. The lowest BCUT2D eigenvalue weighted by molar-refractivity contribution is 1.18. The van der Waals surface area contributed by atoms with Crippen LogP contribution in [0.5, 0.6) is 0 Å². The van der Waals surface area contributed by atoms with Crippen molar-refractivity contribution in [1.82, 2.24) is 4.98 Å². The summed E-state index contributed by atoms with van der Waals surface area (Å²) in [4.78, 5) is 5.12. The van der Waals surface area contributed by atoms with E-state index in [1.165, 1.54) is 40.1 Å². The van der Waals surface area contributed by atoms with Crippen LogP contribution in [-0.2, 0) is 0 Å². The topological polar surface area (TPSA) is 12.9 Å². The fraction of sp³-hybridized carbons (Fsp3) is 0.381. The van der Waals surface area contributed by atoms with Crippen LogP contribution in [0, 0.1) is 6.92 Å². The summed E-state index contributed by atoms with van der Waals surface area (Å²) in [5.74, 6) is 0. The molecule has 1 heterocycles. The third-order valence-electron chi connectivity index (χ3n) is 5.75. The molecular weight excluding hydrogens is 325 g/mol. The quantitative estimate of drug-likeness (QED) is 0.517. The molecule has 3 heteroatoms. The van der Waals surface area contributed by atoms with E-state index in [1.54, 1.807) is 10.8 Å². The van der Waals surface area contributed by atoms with Crippen molar-refractivity contribution < 1.29 is 0 Å². The number of aromatic nitrogens is 1. The standard InChI is InChI=1S/C21H28NPSi/c1-5-24(6-2,7-3)19-15-11-14-18(19)20-16(4)23-21(22-20)17-12-9-8-10-13-17/h8-13,15,23H,5-7,14H2,1-4H3. The Morgan fingerprint density at radius 1 is 1.04 bits per heavy atom. The van der Waals surface area contributed by atoms with Crippen LogP contribution in [0.1, 0.15) is 38.2 Å². The van der Waals surface area contributed by atoms with Gasteiger partial charge in [0, 0.05) is 5.56 Å². The van der Waals surface area contributed by atoms with Crippen molar-refractivity contribution in [2.45, 2.75) is 52.2 Å². The van der Waals surface area contributed by atoms with Crippen LogP contribution in [0.15, 0.2) is 47.7 Å². The second-order valence-corrected chi connectivity index (χ2v) is 13.5. The number of aryl methyl sites for hydroxylation is 1. The molecule has 0 aliphatic heterocycles. The number of hydrogen-bond donors (Lipinski definition) is 0. The van der Waals surface area contributed by atoms with Gasteiger partial charge in [-0.05, 0) is 24.2 Å². The minimum atomic E-state index is -1.35. The molecule has 0 bridgehead atoms. The van der Waals surface area contributed by atoms with Crippen molar-refractivity contribution in [1.29, 1.82) is 0 Å². The third kappa shape index (κ3) is 2.98. The van der Waals surface area contributed by atoms with Crippen molar-refractivity contribution >= 4 is 21.8 Å². The van der Waals surface area contributed by atoms with Crippen molar-refractivity contribution in [2.24, 2.45) is 0 Å². The maximum Gasteiger partial charge on any atom is 0.0869 e. The molecule has 24 heavy (non-hydrogen) atoms. The number of hydrogen-bond acceptors (Lipinski definition) is 1. The number of allylic oxidation sites excluding steroid dienone is 4. The van der Waals surface area contributed by atoms with Gasteiger partial charge >= 0.3 is 0 Å². The fourth-order valence-electron chi connectivity index (χ4n) is 4.03.